The van der Waals surface area contributed by atoms with Crippen LogP contribution in [0.2, 0.25) is 0 Å². The smallest absolute Gasteiger partial charge is 0.344 e. The van der Waals surface area contributed by atoms with Crippen molar-refractivity contribution in [1.29, 1.82) is 0 Å². The highest BCUT2D eigenvalue weighted by Gasteiger charge is 2.22. The molecule has 8 heteroatoms. The highest BCUT2D eigenvalue weighted by molar-refractivity contribution is 9.10. The molecule has 0 saturated carbocycles. The highest BCUT2D eigenvalue weighted by atomic mass is 79.9. The van der Waals surface area contributed by atoms with Gasteiger partial charge in [0, 0.05) is 12.3 Å². The summed E-state index contributed by atoms with van der Waals surface area (Å²) < 4.78 is 10.3. The SMILES string of the molecule is CC(C)(C)OC(=O)COc1c([N+](=O)[O-])ccnc1Br. The molecule has 0 radical (unpaired) electrons. The second-order valence-corrected chi connectivity index (χ2v) is 5.33. The lowest BCUT2D eigenvalue weighted by Gasteiger charge is -2.19. The fraction of sp³-hybridized carbons (Fsp3) is 0.455. The lowest BCUT2D eigenvalue weighted by atomic mass is 10.2. The van der Waals surface area contributed by atoms with E-state index in [4.69, 9.17) is 9.47 Å². The maximum atomic E-state index is 11.5. The quantitative estimate of drug-likeness (QED) is 0.364. The molecule has 0 aromatic carbocycles. The molecule has 0 spiro atoms. The van der Waals surface area contributed by atoms with Crippen LogP contribution in [0.15, 0.2) is 16.9 Å². The van der Waals surface area contributed by atoms with E-state index in [1.807, 2.05) is 0 Å². The molecule has 0 unspecified atom stereocenters. The molecule has 7 nitrogen and oxygen atoms in total. The van der Waals surface area contributed by atoms with E-state index in [1.165, 1.54) is 12.3 Å². The molecule has 0 bridgehead atoms. The van der Waals surface area contributed by atoms with Crippen LogP contribution in [0.5, 0.6) is 5.75 Å². The molecule has 0 atom stereocenters. The van der Waals surface area contributed by atoms with Crippen LogP contribution in [-0.4, -0.2) is 28.1 Å². The Labute approximate surface area is 118 Å². The van der Waals surface area contributed by atoms with E-state index < -0.39 is 23.1 Å². The molecular formula is C11H13BrN2O5. The van der Waals surface area contributed by atoms with Crippen LogP contribution in [0, 0.1) is 10.1 Å². The summed E-state index contributed by atoms with van der Waals surface area (Å²) in [6.07, 6.45) is 1.27. The summed E-state index contributed by atoms with van der Waals surface area (Å²) in [4.78, 5) is 25.5. The van der Waals surface area contributed by atoms with Crippen molar-refractivity contribution in [2.75, 3.05) is 6.61 Å². The van der Waals surface area contributed by atoms with Gasteiger partial charge in [-0.25, -0.2) is 9.78 Å². The van der Waals surface area contributed by atoms with Crippen molar-refractivity contribution < 1.29 is 19.2 Å². The Balaban J connectivity index is 2.78. The Bertz CT molecular complexity index is 498. The van der Waals surface area contributed by atoms with Crippen LogP contribution in [0.25, 0.3) is 0 Å². The highest BCUT2D eigenvalue weighted by Crippen LogP contribution is 2.32. The molecule has 1 aromatic rings. The first-order valence-electron chi connectivity index (χ1n) is 5.34. The number of nitrogens with zero attached hydrogens (tertiary/aromatic N) is 2. The molecular weight excluding hydrogens is 320 g/mol. The Kier molecular flexibility index (Phi) is 4.82. The van der Waals surface area contributed by atoms with Crippen molar-refractivity contribution in [1.82, 2.24) is 4.98 Å². The van der Waals surface area contributed by atoms with Gasteiger partial charge in [0.1, 0.15) is 5.60 Å². The maximum absolute atomic E-state index is 11.5. The summed E-state index contributed by atoms with van der Waals surface area (Å²) in [6, 6.07) is 1.19. The van der Waals surface area contributed by atoms with Crippen molar-refractivity contribution >= 4 is 27.6 Å². The van der Waals surface area contributed by atoms with E-state index in [9.17, 15) is 14.9 Å². The number of esters is 1. The fourth-order valence-corrected chi connectivity index (χ4v) is 1.63. The summed E-state index contributed by atoms with van der Waals surface area (Å²) in [5, 5.41) is 10.8. The number of aromatic nitrogens is 1. The lowest BCUT2D eigenvalue weighted by Crippen LogP contribution is -2.27. The number of hydrogen-bond acceptors (Lipinski definition) is 6. The van der Waals surface area contributed by atoms with E-state index in [0.717, 1.165) is 0 Å². The van der Waals surface area contributed by atoms with E-state index >= 15 is 0 Å². The van der Waals surface area contributed by atoms with E-state index in [0.29, 0.717) is 0 Å². The minimum atomic E-state index is -0.640. The number of carbonyl (C=O) groups excluding carboxylic acids is 1. The average molecular weight is 333 g/mol. The van der Waals surface area contributed by atoms with E-state index in [2.05, 4.69) is 20.9 Å². The average Bonchev–Trinajstić information content (AvgIpc) is 2.24. The summed E-state index contributed by atoms with van der Waals surface area (Å²) in [7, 11) is 0. The third-order valence-electron chi connectivity index (χ3n) is 1.79. The van der Waals surface area contributed by atoms with Crippen LogP contribution in [0.3, 0.4) is 0 Å². The number of halogens is 1. The zero-order valence-corrected chi connectivity index (χ0v) is 12.3. The standard InChI is InChI=1S/C11H13BrN2O5/c1-11(2,3)19-8(15)6-18-9-7(14(16)17)4-5-13-10(9)12/h4-5H,6H2,1-3H3. The number of pyridine rings is 1. The van der Waals surface area contributed by atoms with Gasteiger partial charge >= 0.3 is 11.7 Å². The van der Waals surface area contributed by atoms with Crippen LogP contribution in [-0.2, 0) is 9.53 Å². The molecule has 0 saturated heterocycles. The van der Waals surface area contributed by atoms with Crippen molar-refractivity contribution in [3.8, 4) is 5.75 Å². The lowest BCUT2D eigenvalue weighted by molar-refractivity contribution is -0.386. The van der Waals surface area contributed by atoms with Crippen LogP contribution in [0.4, 0.5) is 5.69 Å². The molecule has 19 heavy (non-hydrogen) atoms. The third-order valence-corrected chi connectivity index (χ3v) is 2.36. The Morgan fingerprint density at radius 2 is 2.16 bits per heavy atom. The molecule has 0 fully saturated rings. The monoisotopic (exact) mass is 332 g/mol. The predicted molar refractivity (Wildman–Crippen MR) is 69.9 cm³/mol. The first-order chi connectivity index (χ1) is 8.70. The zero-order valence-electron chi connectivity index (χ0n) is 10.7. The summed E-state index contributed by atoms with van der Waals surface area (Å²) in [5.41, 5.74) is -0.913. The molecule has 104 valence electrons. The van der Waals surface area contributed by atoms with Crippen molar-refractivity contribution in [2.24, 2.45) is 0 Å². The van der Waals surface area contributed by atoms with Gasteiger partial charge < -0.3 is 9.47 Å². The number of ether oxygens (including phenoxy) is 2. The van der Waals surface area contributed by atoms with Crippen LogP contribution < -0.4 is 4.74 Å². The van der Waals surface area contributed by atoms with Gasteiger partial charge in [-0.3, -0.25) is 10.1 Å². The molecule has 0 amide bonds. The van der Waals surface area contributed by atoms with Crippen LogP contribution >= 0.6 is 15.9 Å². The van der Waals surface area contributed by atoms with Gasteiger partial charge in [0.05, 0.1) is 4.92 Å². The Morgan fingerprint density at radius 3 is 2.68 bits per heavy atom. The largest absolute Gasteiger partial charge is 0.473 e. The van der Waals surface area contributed by atoms with Crippen LogP contribution in [0.1, 0.15) is 20.8 Å². The number of rotatable bonds is 4. The normalized spacial score (nSPS) is 10.9. The molecule has 0 N–H and O–H groups in total. The molecule has 1 aromatic heterocycles. The van der Waals surface area contributed by atoms with E-state index in [-0.39, 0.29) is 16.0 Å². The first-order valence-corrected chi connectivity index (χ1v) is 6.13. The number of carbonyl (C=O) groups is 1. The van der Waals surface area contributed by atoms with Crippen molar-refractivity contribution in [3.05, 3.63) is 27.0 Å². The number of nitro groups is 1. The number of hydrogen-bond donors (Lipinski definition) is 0. The van der Waals surface area contributed by atoms with Gasteiger partial charge in [0.2, 0.25) is 5.75 Å². The topological polar surface area (TPSA) is 91.6 Å². The molecule has 1 rings (SSSR count). The van der Waals surface area contributed by atoms with Crippen molar-refractivity contribution in [3.63, 3.8) is 0 Å². The van der Waals surface area contributed by atoms with Crippen molar-refractivity contribution in [2.45, 2.75) is 26.4 Å². The Hall–Kier alpha value is -1.70. The molecule has 0 aliphatic heterocycles. The van der Waals surface area contributed by atoms with Gasteiger partial charge in [0.25, 0.3) is 0 Å². The summed E-state index contributed by atoms with van der Waals surface area (Å²) in [6.45, 7) is 4.72. The van der Waals surface area contributed by atoms with Gasteiger partial charge in [-0.2, -0.15) is 0 Å². The summed E-state index contributed by atoms with van der Waals surface area (Å²) in [5.74, 6) is -0.712. The third kappa shape index (κ3) is 4.82. The second kappa shape index (κ2) is 5.96. The zero-order chi connectivity index (χ0) is 14.6. The van der Waals surface area contributed by atoms with Gasteiger partial charge in [-0.15, -0.1) is 0 Å². The first kappa shape index (κ1) is 15.4. The maximum Gasteiger partial charge on any atom is 0.344 e. The van der Waals surface area contributed by atoms with Gasteiger partial charge in [0.15, 0.2) is 11.2 Å². The summed E-state index contributed by atoms with van der Waals surface area (Å²) >= 11 is 3.03. The molecule has 1 heterocycles. The fourth-order valence-electron chi connectivity index (χ4n) is 1.19. The van der Waals surface area contributed by atoms with Gasteiger partial charge in [-0.05, 0) is 36.7 Å². The minimum Gasteiger partial charge on any atom is -0.473 e. The molecule has 0 aliphatic rings. The second-order valence-electron chi connectivity index (χ2n) is 4.58. The minimum absolute atomic E-state index is 0.0987. The Morgan fingerprint density at radius 1 is 1.53 bits per heavy atom. The predicted octanol–water partition coefficient (Wildman–Crippen LogP) is 2.47. The van der Waals surface area contributed by atoms with E-state index in [1.54, 1.807) is 20.8 Å². The van der Waals surface area contributed by atoms with Gasteiger partial charge in [-0.1, -0.05) is 0 Å². The molecule has 0 aliphatic carbocycles.